The minimum atomic E-state index is -1.06. The van der Waals surface area contributed by atoms with Crippen molar-refractivity contribution in [2.45, 2.75) is 18.9 Å². The van der Waals surface area contributed by atoms with Crippen LogP contribution in [0.15, 0.2) is 18.2 Å². The maximum Gasteiger partial charge on any atom is 0.272 e. The Hall–Kier alpha value is -2.84. The molecule has 1 aromatic rings. The van der Waals surface area contributed by atoms with Crippen LogP contribution in [0.1, 0.15) is 23.2 Å². The van der Waals surface area contributed by atoms with Crippen LogP contribution in [-0.4, -0.2) is 28.7 Å². The number of nitrogens with one attached hydrogen (secondary N) is 2. The van der Waals surface area contributed by atoms with Crippen LogP contribution in [0.5, 0.6) is 0 Å². The zero-order chi connectivity index (χ0) is 15.6. The largest absolute Gasteiger partial charge is 0.340 e. The molecule has 0 saturated carbocycles. The van der Waals surface area contributed by atoms with Crippen LogP contribution in [0, 0.1) is 15.9 Å². The number of nitro benzene ring substituents is 1. The number of rotatable bonds is 3. The van der Waals surface area contributed by atoms with Crippen molar-refractivity contribution in [1.29, 1.82) is 0 Å². The summed E-state index contributed by atoms with van der Waals surface area (Å²) in [7, 11) is 0. The minimum Gasteiger partial charge on any atom is -0.340 e. The molecular weight excluding hydrogens is 285 g/mol. The van der Waals surface area contributed by atoms with Gasteiger partial charge in [0, 0.05) is 12.5 Å². The van der Waals surface area contributed by atoms with E-state index in [1.54, 1.807) is 0 Å². The van der Waals surface area contributed by atoms with Crippen molar-refractivity contribution >= 4 is 23.4 Å². The number of nitro groups is 1. The fourth-order valence-electron chi connectivity index (χ4n) is 1.87. The first-order valence-corrected chi connectivity index (χ1v) is 5.97. The topological polar surface area (TPSA) is 118 Å². The Balaban J connectivity index is 2.12. The van der Waals surface area contributed by atoms with Gasteiger partial charge in [0.1, 0.15) is 11.9 Å². The fourth-order valence-corrected chi connectivity index (χ4v) is 1.87. The fraction of sp³-hybridized carbons (Fsp3) is 0.250. The minimum absolute atomic E-state index is 0.0689. The molecule has 2 rings (SSSR count). The van der Waals surface area contributed by atoms with E-state index in [1.807, 2.05) is 5.32 Å². The molecule has 0 radical (unpaired) electrons. The van der Waals surface area contributed by atoms with Gasteiger partial charge in [-0.25, -0.2) is 4.39 Å². The van der Waals surface area contributed by atoms with Crippen LogP contribution in [0.4, 0.5) is 10.1 Å². The third-order valence-electron chi connectivity index (χ3n) is 2.95. The Morgan fingerprint density at radius 1 is 1.43 bits per heavy atom. The molecule has 1 unspecified atom stereocenters. The van der Waals surface area contributed by atoms with Gasteiger partial charge in [-0.2, -0.15) is 0 Å². The molecular formula is C12H10FN3O5. The molecule has 0 bridgehead atoms. The van der Waals surface area contributed by atoms with Crippen LogP contribution >= 0.6 is 0 Å². The number of halogens is 1. The van der Waals surface area contributed by atoms with E-state index < -0.39 is 45.8 Å². The summed E-state index contributed by atoms with van der Waals surface area (Å²) in [5, 5.41) is 14.8. The van der Waals surface area contributed by atoms with Gasteiger partial charge in [0.15, 0.2) is 0 Å². The number of carbonyl (C=O) groups is 3. The van der Waals surface area contributed by atoms with Gasteiger partial charge in [0.25, 0.3) is 11.6 Å². The summed E-state index contributed by atoms with van der Waals surface area (Å²) in [5.74, 6) is -3.04. The highest BCUT2D eigenvalue weighted by Crippen LogP contribution is 2.17. The molecule has 2 N–H and O–H groups in total. The normalized spacial score (nSPS) is 18.0. The van der Waals surface area contributed by atoms with Gasteiger partial charge in [-0.3, -0.25) is 29.8 Å². The molecule has 9 heteroatoms. The highest BCUT2D eigenvalue weighted by atomic mass is 19.1. The summed E-state index contributed by atoms with van der Waals surface area (Å²) in [6.07, 6.45) is 0.185. The summed E-state index contributed by atoms with van der Waals surface area (Å²) in [6, 6.07) is 1.64. The number of piperidine rings is 1. The molecule has 1 aliphatic heterocycles. The molecule has 1 aromatic carbocycles. The molecule has 8 nitrogen and oxygen atoms in total. The molecule has 0 aliphatic carbocycles. The quantitative estimate of drug-likeness (QED) is 0.471. The van der Waals surface area contributed by atoms with Crippen molar-refractivity contribution in [2.75, 3.05) is 0 Å². The van der Waals surface area contributed by atoms with Crippen molar-refractivity contribution in [3.05, 3.63) is 39.7 Å². The first-order valence-electron chi connectivity index (χ1n) is 5.97. The predicted molar refractivity (Wildman–Crippen MR) is 66.7 cm³/mol. The van der Waals surface area contributed by atoms with E-state index in [2.05, 4.69) is 5.32 Å². The first kappa shape index (κ1) is 14.6. The van der Waals surface area contributed by atoms with Crippen LogP contribution in [0.25, 0.3) is 0 Å². The molecule has 1 heterocycles. The van der Waals surface area contributed by atoms with Crippen LogP contribution in [-0.2, 0) is 9.59 Å². The number of imide groups is 1. The summed E-state index contributed by atoms with van der Waals surface area (Å²) >= 11 is 0. The van der Waals surface area contributed by atoms with E-state index in [1.165, 1.54) is 0 Å². The third kappa shape index (κ3) is 3.19. The lowest BCUT2D eigenvalue weighted by Crippen LogP contribution is -2.52. The number of benzene rings is 1. The van der Waals surface area contributed by atoms with Gasteiger partial charge in [-0.1, -0.05) is 0 Å². The monoisotopic (exact) mass is 295 g/mol. The number of hydrogen-bond donors (Lipinski definition) is 2. The summed E-state index contributed by atoms with van der Waals surface area (Å²) in [4.78, 5) is 44.0. The second-order valence-electron chi connectivity index (χ2n) is 4.40. The van der Waals surface area contributed by atoms with Crippen molar-refractivity contribution in [1.82, 2.24) is 10.6 Å². The predicted octanol–water partition coefficient (Wildman–Crippen LogP) is 0.269. The Kier molecular flexibility index (Phi) is 3.92. The molecule has 1 saturated heterocycles. The van der Waals surface area contributed by atoms with E-state index in [4.69, 9.17) is 0 Å². The Morgan fingerprint density at radius 3 is 2.71 bits per heavy atom. The number of carbonyl (C=O) groups excluding carboxylic acids is 3. The molecule has 1 fully saturated rings. The highest BCUT2D eigenvalue weighted by Gasteiger charge is 2.29. The van der Waals surface area contributed by atoms with Gasteiger partial charge < -0.3 is 5.32 Å². The molecule has 110 valence electrons. The average Bonchev–Trinajstić information content (AvgIpc) is 2.41. The van der Waals surface area contributed by atoms with E-state index >= 15 is 0 Å². The molecule has 3 amide bonds. The maximum atomic E-state index is 13.7. The van der Waals surface area contributed by atoms with E-state index in [9.17, 15) is 28.9 Å². The number of nitrogens with zero attached hydrogens (tertiary/aromatic N) is 1. The summed E-state index contributed by atoms with van der Waals surface area (Å²) in [5.41, 5.74) is -0.893. The molecule has 0 spiro atoms. The lowest BCUT2D eigenvalue weighted by Gasteiger charge is -2.21. The van der Waals surface area contributed by atoms with Gasteiger partial charge >= 0.3 is 0 Å². The van der Waals surface area contributed by atoms with Crippen molar-refractivity contribution in [3.63, 3.8) is 0 Å². The average molecular weight is 295 g/mol. The van der Waals surface area contributed by atoms with E-state index in [-0.39, 0.29) is 12.8 Å². The maximum absolute atomic E-state index is 13.7. The zero-order valence-electron chi connectivity index (χ0n) is 10.6. The van der Waals surface area contributed by atoms with Gasteiger partial charge in [-0.05, 0) is 12.5 Å². The SMILES string of the molecule is O=C1CCC(NC(=O)c2ccc([N+](=O)[O-])cc2F)C(=O)N1. The van der Waals surface area contributed by atoms with Gasteiger partial charge in [0.2, 0.25) is 11.8 Å². The lowest BCUT2D eigenvalue weighted by atomic mass is 10.1. The van der Waals surface area contributed by atoms with Gasteiger partial charge in [-0.15, -0.1) is 0 Å². The lowest BCUT2D eigenvalue weighted by molar-refractivity contribution is -0.385. The van der Waals surface area contributed by atoms with Gasteiger partial charge in [0.05, 0.1) is 16.6 Å². The van der Waals surface area contributed by atoms with Crippen LogP contribution in [0.2, 0.25) is 0 Å². The van der Waals surface area contributed by atoms with Crippen LogP contribution in [0.3, 0.4) is 0 Å². The Morgan fingerprint density at radius 2 is 2.14 bits per heavy atom. The molecule has 1 atom stereocenters. The van der Waals surface area contributed by atoms with Crippen LogP contribution < -0.4 is 10.6 Å². The van der Waals surface area contributed by atoms with Crippen molar-refractivity contribution in [2.24, 2.45) is 0 Å². The number of hydrogen-bond acceptors (Lipinski definition) is 5. The second-order valence-corrected chi connectivity index (χ2v) is 4.40. The van der Waals surface area contributed by atoms with Crippen molar-refractivity contribution in [3.8, 4) is 0 Å². The van der Waals surface area contributed by atoms with Crippen molar-refractivity contribution < 1.29 is 23.7 Å². The number of non-ortho nitro benzene ring substituents is 1. The molecule has 1 aliphatic rings. The molecule has 21 heavy (non-hydrogen) atoms. The Labute approximate surface area is 117 Å². The third-order valence-corrected chi connectivity index (χ3v) is 2.95. The first-order chi connectivity index (χ1) is 9.88. The Bertz CT molecular complexity index is 646. The second kappa shape index (κ2) is 5.65. The summed E-state index contributed by atoms with van der Waals surface area (Å²) in [6.45, 7) is 0. The van der Waals surface area contributed by atoms with E-state index in [0.29, 0.717) is 6.07 Å². The molecule has 0 aromatic heterocycles. The number of amides is 3. The summed E-state index contributed by atoms with van der Waals surface area (Å²) < 4.78 is 13.7. The standard InChI is InChI=1S/C12H10FN3O5/c13-8-5-6(16(20)21)1-2-7(8)11(18)14-9-3-4-10(17)15-12(9)19/h1-2,5,9H,3-4H2,(H,14,18)(H,15,17,19). The van der Waals surface area contributed by atoms with E-state index in [0.717, 1.165) is 12.1 Å². The smallest absolute Gasteiger partial charge is 0.272 e. The zero-order valence-corrected chi connectivity index (χ0v) is 10.6. The highest BCUT2D eigenvalue weighted by molar-refractivity contribution is 6.03.